The lowest BCUT2D eigenvalue weighted by molar-refractivity contribution is -0.375. The second-order valence-corrected chi connectivity index (χ2v) is 4.19. The molecule has 3 aliphatic rings. The number of hydrogen-bond donors (Lipinski definition) is 0. The molecule has 0 N–H and O–H groups in total. The van der Waals surface area contributed by atoms with Crippen LogP contribution in [0.4, 0.5) is 0 Å². The third-order valence-electron chi connectivity index (χ3n) is 3.03. The van der Waals surface area contributed by atoms with Crippen LogP contribution in [0.15, 0.2) is 0 Å². The largest absolute Gasteiger partial charge is 0.372 e. The van der Waals surface area contributed by atoms with E-state index in [0.29, 0.717) is 12.5 Å². The maximum absolute atomic E-state index is 5.73. The Kier molecular flexibility index (Phi) is 1.54. The van der Waals surface area contributed by atoms with Gasteiger partial charge >= 0.3 is 0 Å². The van der Waals surface area contributed by atoms with Gasteiger partial charge in [-0.3, -0.25) is 0 Å². The highest BCUT2D eigenvalue weighted by Gasteiger charge is 2.56. The third kappa shape index (κ3) is 1.06. The highest BCUT2D eigenvalue weighted by molar-refractivity contribution is 4.94. The van der Waals surface area contributed by atoms with E-state index in [2.05, 4.69) is 6.92 Å². The minimum absolute atomic E-state index is 0.0636. The summed E-state index contributed by atoms with van der Waals surface area (Å²) in [6, 6.07) is 0. The Labute approximate surface area is 77.1 Å². The predicted molar refractivity (Wildman–Crippen MR) is 43.0 cm³/mol. The Morgan fingerprint density at radius 3 is 2.85 bits per heavy atom. The van der Waals surface area contributed by atoms with Gasteiger partial charge in [0.2, 0.25) is 0 Å². The van der Waals surface area contributed by atoms with Crippen molar-refractivity contribution >= 4 is 0 Å². The van der Waals surface area contributed by atoms with Crippen LogP contribution in [-0.2, 0) is 18.9 Å². The third-order valence-corrected chi connectivity index (χ3v) is 3.03. The normalized spacial score (nSPS) is 59.5. The van der Waals surface area contributed by atoms with E-state index in [1.54, 1.807) is 0 Å². The van der Waals surface area contributed by atoms with Crippen molar-refractivity contribution in [2.24, 2.45) is 5.92 Å². The van der Waals surface area contributed by atoms with Gasteiger partial charge in [0.15, 0.2) is 0 Å². The molecule has 3 rings (SSSR count). The monoisotopic (exact) mass is 186 g/mol. The van der Waals surface area contributed by atoms with Gasteiger partial charge in [-0.1, -0.05) is 6.92 Å². The Morgan fingerprint density at radius 1 is 1.15 bits per heavy atom. The van der Waals surface area contributed by atoms with Crippen molar-refractivity contribution in [1.29, 1.82) is 0 Å². The maximum atomic E-state index is 5.73. The van der Waals surface area contributed by atoms with Crippen LogP contribution in [0.1, 0.15) is 13.8 Å². The molecule has 13 heavy (non-hydrogen) atoms. The lowest BCUT2D eigenvalue weighted by atomic mass is 10.00. The first-order chi connectivity index (χ1) is 6.18. The fraction of sp³-hybridized carbons (Fsp3) is 1.00. The molecule has 0 aromatic heterocycles. The molecule has 1 unspecified atom stereocenters. The Bertz CT molecular complexity index is 232. The lowest BCUT2D eigenvalue weighted by Crippen LogP contribution is -2.50. The minimum atomic E-state index is -0.812. The molecule has 3 aliphatic heterocycles. The summed E-state index contributed by atoms with van der Waals surface area (Å²) in [6.07, 6.45) is 0.283. The standard InChI is InChI=1S/C9H14O4/c1-5-3-10-8-6-4-11-9(2,12-6)13-7(5)8/h5-8H,3-4H2,1-2H3/t5-,6+,7+,8+,9?/m0/s1. The summed E-state index contributed by atoms with van der Waals surface area (Å²) in [5, 5.41) is 0. The molecule has 0 saturated carbocycles. The van der Waals surface area contributed by atoms with E-state index in [1.807, 2.05) is 6.92 Å². The molecular weight excluding hydrogens is 172 g/mol. The van der Waals surface area contributed by atoms with Crippen molar-refractivity contribution in [2.75, 3.05) is 13.2 Å². The molecule has 5 atom stereocenters. The van der Waals surface area contributed by atoms with Gasteiger partial charge in [0.05, 0.1) is 19.3 Å². The summed E-state index contributed by atoms with van der Waals surface area (Å²) in [6.45, 7) is 5.32. The van der Waals surface area contributed by atoms with Gasteiger partial charge in [-0.05, 0) is 0 Å². The molecule has 3 fully saturated rings. The smallest absolute Gasteiger partial charge is 0.280 e. The first-order valence-corrected chi connectivity index (χ1v) is 4.79. The minimum Gasteiger partial charge on any atom is -0.372 e. The molecule has 0 aromatic rings. The molecular formula is C9H14O4. The van der Waals surface area contributed by atoms with Gasteiger partial charge in [-0.15, -0.1) is 0 Å². The first-order valence-electron chi connectivity index (χ1n) is 4.79. The van der Waals surface area contributed by atoms with Crippen LogP contribution in [0.2, 0.25) is 0 Å². The molecule has 0 spiro atoms. The quantitative estimate of drug-likeness (QED) is 0.552. The van der Waals surface area contributed by atoms with E-state index in [-0.39, 0.29) is 18.3 Å². The van der Waals surface area contributed by atoms with Crippen molar-refractivity contribution < 1.29 is 18.9 Å². The van der Waals surface area contributed by atoms with Gasteiger partial charge in [0.1, 0.15) is 12.2 Å². The molecule has 0 aliphatic carbocycles. The van der Waals surface area contributed by atoms with Crippen LogP contribution in [0.25, 0.3) is 0 Å². The molecule has 3 saturated heterocycles. The van der Waals surface area contributed by atoms with E-state index < -0.39 is 5.97 Å². The van der Waals surface area contributed by atoms with Crippen LogP contribution in [-0.4, -0.2) is 37.5 Å². The number of ether oxygens (including phenoxy) is 4. The van der Waals surface area contributed by atoms with E-state index >= 15 is 0 Å². The Balaban J connectivity index is 1.89. The molecule has 3 heterocycles. The van der Waals surface area contributed by atoms with Crippen LogP contribution < -0.4 is 0 Å². The topological polar surface area (TPSA) is 36.9 Å². The second-order valence-electron chi connectivity index (χ2n) is 4.19. The van der Waals surface area contributed by atoms with Gasteiger partial charge in [-0.2, -0.15) is 0 Å². The van der Waals surface area contributed by atoms with Crippen molar-refractivity contribution in [3.8, 4) is 0 Å². The average Bonchev–Trinajstić information content (AvgIpc) is 2.58. The zero-order valence-corrected chi connectivity index (χ0v) is 7.86. The maximum Gasteiger partial charge on any atom is 0.280 e. The van der Waals surface area contributed by atoms with Gasteiger partial charge in [0, 0.05) is 12.8 Å². The van der Waals surface area contributed by atoms with Crippen molar-refractivity contribution in [3.63, 3.8) is 0 Å². The number of rotatable bonds is 0. The van der Waals surface area contributed by atoms with Gasteiger partial charge < -0.3 is 18.9 Å². The van der Waals surface area contributed by atoms with E-state index in [4.69, 9.17) is 18.9 Å². The first kappa shape index (κ1) is 8.17. The highest BCUT2D eigenvalue weighted by atomic mass is 16.9. The predicted octanol–water partition coefficient (Wildman–Crippen LogP) is 0.509. The summed E-state index contributed by atoms with van der Waals surface area (Å²) in [5.74, 6) is -0.370. The van der Waals surface area contributed by atoms with E-state index in [1.165, 1.54) is 0 Å². The molecule has 0 aromatic carbocycles. The molecule has 0 radical (unpaired) electrons. The fourth-order valence-corrected chi connectivity index (χ4v) is 2.33. The fourth-order valence-electron chi connectivity index (χ4n) is 2.33. The van der Waals surface area contributed by atoms with E-state index in [9.17, 15) is 0 Å². The summed E-state index contributed by atoms with van der Waals surface area (Å²) in [7, 11) is 0. The molecule has 0 amide bonds. The van der Waals surface area contributed by atoms with Gasteiger partial charge in [0.25, 0.3) is 5.97 Å². The molecule has 74 valence electrons. The van der Waals surface area contributed by atoms with E-state index in [0.717, 1.165) is 6.61 Å². The molecule has 2 bridgehead atoms. The van der Waals surface area contributed by atoms with Crippen molar-refractivity contribution in [2.45, 2.75) is 38.1 Å². The SMILES string of the molecule is C[C@H]1CO[C@H]2[C@@H]1OC1(C)OC[C@H]2O1. The highest BCUT2D eigenvalue weighted by Crippen LogP contribution is 2.41. The summed E-state index contributed by atoms with van der Waals surface area (Å²) >= 11 is 0. The number of fused-ring (bicyclic) bond motifs is 4. The van der Waals surface area contributed by atoms with Gasteiger partial charge in [-0.25, -0.2) is 0 Å². The number of hydrogen-bond acceptors (Lipinski definition) is 4. The zero-order valence-electron chi connectivity index (χ0n) is 7.86. The lowest BCUT2D eigenvalue weighted by Gasteiger charge is -2.36. The summed E-state index contributed by atoms with van der Waals surface area (Å²) in [5.41, 5.74) is 0. The van der Waals surface area contributed by atoms with Crippen LogP contribution >= 0.6 is 0 Å². The van der Waals surface area contributed by atoms with Crippen molar-refractivity contribution in [1.82, 2.24) is 0 Å². The molecule has 4 nitrogen and oxygen atoms in total. The second kappa shape index (κ2) is 2.45. The van der Waals surface area contributed by atoms with Crippen LogP contribution in [0.3, 0.4) is 0 Å². The van der Waals surface area contributed by atoms with Crippen molar-refractivity contribution in [3.05, 3.63) is 0 Å². The average molecular weight is 186 g/mol. The molecule has 4 heteroatoms. The Morgan fingerprint density at radius 2 is 2.00 bits per heavy atom. The Hall–Kier alpha value is -0.160. The van der Waals surface area contributed by atoms with Crippen LogP contribution in [0.5, 0.6) is 0 Å². The zero-order chi connectivity index (χ0) is 9.05. The summed E-state index contributed by atoms with van der Waals surface area (Å²) < 4.78 is 22.3. The van der Waals surface area contributed by atoms with Crippen LogP contribution in [0, 0.1) is 5.92 Å². The summed E-state index contributed by atoms with van der Waals surface area (Å²) in [4.78, 5) is 0.